The van der Waals surface area contributed by atoms with Crippen LogP contribution in [0.1, 0.15) is 31.7 Å². The summed E-state index contributed by atoms with van der Waals surface area (Å²) < 4.78 is 27.4. The zero-order chi connectivity index (χ0) is 15.6. The van der Waals surface area contributed by atoms with E-state index in [0.29, 0.717) is 18.0 Å². The summed E-state index contributed by atoms with van der Waals surface area (Å²) in [4.78, 5) is 0.387. The van der Waals surface area contributed by atoms with Gasteiger partial charge in [0.05, 0.1) is 4.90 Å². The van der Waals surface area contributed by atoms with Crippen LogP contribution in [-0.4, -0.2) is 33.5 Å². The van der Waals surface area contributed by atoms with Crippen LogP contribution < -0.4 is 10.0 Å². The van der Waals surface area contributed by atoms with Gasteiger partial charge in [-0.1, -0.05) is 25.1 Å². The molecule has 2 N–H and O–H groups in total. The van der Waals surface area contributed by atoms with Crippen molar-refractivity contribution in [1.29, 1.82) is 0 Å². The fraction of sp³-hybridized carbons (Fsp3) is 0.600. The van der Waals surface area contributed by atoms with Crippen molar-refractivity contribution in [3.8, 4) is 0 Å². The highest BCUT2D eigenvalue weighted by Gasteiger charge is 2.16. The SMILES string of the molecule is CCCNCc1ccccc1S(=O)(=O)NCCCCSC. The number of unbranched alkanes of at least 4 members (excludes halogenated alkanes) is 1. The van der Waals surface area contributed by atoms with Gasteiger partial charge in [-0.2, -0.15) is 11.8 Å². The summed E-state index contributed by atoms with van der Waals surface area (Å²) >= 11 is 1.78. The average molecular weight is 331 g/mol. The van der Waals surface area contributed by atoms with Crippen LogP contribution in [0.15, 0.2) is 29.2 Å². The van der Waals surface area contributed by atoms with Crippen molar-refractivity contribution in [1.82, 2.24) is 10.0 Å². The Bertz CT molecular complexity index is 504. The van der Waals surface area contributed by atoms with Crippen molar-refractivity contribution in [2.45, 2.75) is 37.6 Å². The molecule has 0 radical (unpaired) electrons. The van der Waals surface area contributed by atoms with Gasteiger partial charge in [-0.15, -0.1) is 0 Å². The van der Waals surface area contributed by atoms with E-state index < -0.39 is 10.0 Å². The molecule has 120 valence electrons. The minimum Gasteiger partial charge on any atom is -0.313 e. The van der Waals surface area contributed by atoms with Gasteiger partial charge in [-0.25, -0.2) is 13.1 Å². The van der Waals surface area contributed by atoms with Crippen molar-refractivity contribution in [3.05, 3.63) is 29.8 Å². The fourth-order valence-electron chi connectivity index (χ4n) is 1.97. The molecule has 0 aliphatic carbocycles. The third-order valence-corrected chi connectivity index (χ3v) is 5.33. The lowest BCUT2D eigenvalue weighted by atomic mass is 10.2. The molecule has 0 amide bonds. The average Bonchev–Trinajstić information content (AvgIpc) is 2.48. The monoisotopic (exact) mass is 330 g/mol. The molecule has 4 nitrogen and oxygen atoms in total. The van der Waals surface area contributed by atoms with Crippen molar-refractivity contribution in [2.24, 2.45) is 0 Å². The lowest BCUT2D eigenvalue weighted by molar-refractivity contribution is 0.575. The highest BCUT2D eigenvalue weighted by Crippen LogP contribution is 2.15. The third kappa shape index (κ3) is 6.82. The second-order valence-electron chi connectivity index (χ2n) is 4.88. The number of hydrogen-bond donors (Lipinski definition) is 2. The third-order valence-electron chi connectivity index (χ3n) is 3.07. The van der Waals surface area contributed by atoms with Gasteiger partial charge in [-0.3, -0.25) is 0 Å². The van der Waals surface area contributed by atoms with Crippen LogP contribution in [0.2, 0.25) is 0 Å². The van der Waals surface area contributed by atoms with Crippen molar-refractivity contribution in [2.75, 3.05) is 25.1 Å². The van der Waals surface area contributed by atoms with E-state index in [4.69, 9.17) is 0 Å². The number of nitrogens with one attached hydrogen (secondary N) is 2. The van der Waals surface area contributed by atoms with E-state index in [9.17, 15) is 8.42 Å². The first-order valence-corrected chi connectivity index (χ1v) is 10.3. The Kier molecular flexibility index (Phi) is 8.99. The van der Waals surface area contributed by atoms with Crippen LogP contribution in [0.4, 0.5) is 0 Å². The number of benzene rings is 1. The van der Waals surface area contributed by atoms with Gasteiger partial charge in [0.25, 0.3) is 0 Å². The predicted octanol–water partition coefficient (Wildman–Crippen LogP) is 2.61. The normalized spacial score (nSPS) is 11.7. The first-order valence-electron chi connectivity index (χ1n) is 7.39. The van der Waals surface area contributed by atoms with E-state index in [0.717, 1.165) is 37.1 Å². The summed E-state index contributed by atoms with van der Waals surface area (Å²) in [6, 6.07) is 7.18. The van der Waals surface area contributed by atoms with Crippen LogP contribution in [-0.2, 0) is 16.6 Å². The van der Waals surface area contributed by atoms with Crippen molar-refractivity contribution >= 4 is 21.8 Å². The highest BCUT2D eigenvalue weighted by atomic mass is 32.2. The maximum absolute atomic E-state index is 12.4. The van der Waals surface area contributed by atoms with E-state index in [1.807, 2.05) is 12.1 Å². The Morgan fingerprint density at radius 3 is 2.62 bits per heavy atom. The topological polar surface area (TPSA) is 58.2 Å². The Morgan fingerprint density at radius 1 is 1.14 bits per heavy atom. The molecule has 0 atom stereocenters. The lowest BCUT2D eigenvalue weighted by Crippen LogP contribution is -2.27. The minimum absolute atomic E-state index is 0.387. The molecular weight excluding hydrogens is 304 g/mol. The number of sulfonamides is 1. The van der Waals surface area contributed by atoms with E-state index in [-0.39, 0.29) is 0 Å². The molecule has 0 aliphatic rings. The van der Waals surface area contributed by atoms with Crippen LogP contribution in [0, 0.1) is 0 Å². The zero-order valence-electron chi connectivity index (χ0n) is 12.9. The van der Waals surface area contributed by atoms with E-state index >= 15 is 0 Å². The molecule has 0 heterocycles. The molecule has 0 bridgehead atoms. The molecule has 21 heavy (non-hydrogen) atoms. The molecule has 0 saturated carbocycles. The maximum Gasteiger partial charge on any atom is 0.240 e. The summed E-state index contributed by atoms with van der Waals surface area (Å²) in [6.07, 6.45) is 4.99. The Hall–Kier alpha value is -0.560. The van der Waals surface area contributed by atoms with Crippen molar-refractivity contribution in [3.63, 3.8) is 0 Å². The Labute approximate surface area is 133 Å². The van der Waals surface area contributed by atoms with Gasteiger partial charge >= 0.3 is 0 Å². The van der Waals surface area contributed by atoms with Gasteiger partial charge in [-0.05, 0) is 49.4 Å². The smallest absolute Gasteiger partial charge is 0.240 e. The molecule has 1 aromatic rings. The highest BCUT2D eigenvalue weighted by molar-refractivity contribution is 7.98. The lowest BCUT2D eigenvalue weighted by Gasteiger charge is -2.12. The van der Waals surface area contributed by atoms with Gasteiger partial charge in [0, 0.05) is 13.1 Å². The first kappa shape index (κ1) is 18.5. The Morgan fingerprint density at radius 2 is 1.90 bits per heavy atom. The van der Waals surface area contributed by atoms with E-state index in [2.05, 4.69) is 23.2 Å². The largest absolute Gasteiger partial charge is 0.313 e. The summed E-state index contributed by atoms with van der Waals surface area (Å²) in [6.45, 7) is 4.05. The number of hydrogen-bond acceptors (Lipinski definition) is 4. The predicted molar refractivity (Wildman–Crippen MR) is 91.2 cm³/mol. The molecule has 0 unspecified atom stereocenters. The summed E-state index contributed by atoms with van der Waals surface area (Å²) in [7, 11) is -3.41. The van der Waals surface area contributed by atoms with Gasteiger partial charge in [0.1, 0.15) is 0 Å². The van der Waals surface area contributed by atoms with Gasteiger partial charge in [0.2, 0.25) is 10.0 Å². The van der Waals surface area contributed by atoms with E-state index in [1.54, 1.807) is 23.9 Å². The molecule has 0 aromatic heterocycles. The first-order chi connectivity index (χ1) is 10.1. The summed E-state index contributed by atoms with van der Waals surface area (Å²) in [5, 5.41) is 3.25. The van der Waals surface area contributed by atoms with Crippen LogP contribution >= 0.6 is 11.8 Å². The van der Waals surface area contributed by atoms with Crippen LogP contribution in [0.25, 0.3) is 0 Å². The van der Waals surface area contributed by atoms with E-state index in [1.165, 1.54) is 0 Å². The van der Waals surface area contributed by atoms with Gasteiger partial charge in [0.15, 0.2) is 0 Å². The molecule has 0 aliphatic heterocycles. The summed E-state index contributed by atoms with van der Waals surface area (Å²) in [5.41, 5.74) is 0.822. The Balaban J connectivity index is 2.64. The van der Waals surface area contributed by atoms with Crippen LogP contribution in [0.3, 0.4) is 0 Å². The molecular formula is C15H26N2O2S2. The molecule has 1 rings (SSSR count). The standard InChI is InChI=1S/C15H26N2O2S2/c1-3-10-16-13-14-8-4-5-9-15(14)21(18,19)17-11-6-7-12-20-2/h4-5,8-9,16-17H,3,6-7,10-13H2,1-2H3. The minimum atomic E-state index is -3.41. The molecule has 0 fully saturated rings. The number of rotatable bonds is 11. The maximum atomic E-state index is 12.4. The molecule has 0 spiro atoms. The quantitative estimate of drug-likeness (QED) is 0.612. The second kappa shape index (κ2) is 10.2. The molecule has 0 saturated heterocycles. The molecule has 6 heteroatoms. The van der Waals surface area contributed by atoms with Crippen molar-refractivity contribution < 1.29 is 8.42 Å². The zero-order valence-corrected chi connectivity index (χ0v) is 14.5. The second-order valence-corrected chi connectivity index (χ2v) is 7.60. The molecule has 1 aromatic carbocycles. The number of thioether (sulfide) groups is 1. The van der Waals surface area contributed by atoms with Crippen LogP contribution in [0.5, 0.6) is 0 Å². The summed E-state index contributed by atoms with van der Waals surface area (Å²) in [5.74, 6) is 1.07. The van der Waals surface area contributed by atoms with Gasteiger partial charge < -0.3 is 5.32 Å². The fourth-order valence-corrected chi connectivity index (χ4v) is 3.77.